The summed E-state index contributed by atoms with van der Waals surface area (Å²) in [5.74, 6) is 0. The number of aromatic nitrogens is 1. The second-order valence-electron chi connectivity index (χ2n) is 8.77. The Bertz CT molecular complexity index is 759. The highest BCUT2D eigenvalue weighted by molar-refractivity contribution is 6.56. The lowest BCUT2D eigenvalue weighted by molar-refractivity contribution is 0.00578. The summed E-state index contributed by atoms with van der Waals surface area (Å²) < 4.78 is 17.5. The molecule has 0 spiro atoms. The first-order chi connectivity index (χ1) is 12.7. The van der Waals surface area contributed by atoms with Crippen molar-refractivity contribution < 1.29 is 18.8 Å². The summed E-state index contributed by atoms with van der Waals surface area (Å²) in [5.41, 5.74) is 5.93. The van der Waals surface area contributed by atoms with Gasteiger partial charge in [-0.15, -0.1) is 0 Å². The van der Waals surface area contributed by atoms with E-state index in [2.05, 4.69) is 10.3 Å². The van der Waals surface area contributed by atoms with Crippen molar-refractivity contribution in [2.75, 3.05) is 12.3 Å². The number of ether oxygens (including phenoxy) is 1. The molecule has 1 saturated heterocycles. The highest BCUT2D eigenvalue weighted by Crippen LogP contribution is 2.38. The molecule has 0 atom stereocenters. The number of amides is 1. The van der Waals surface area contributed by atoms with Crippen LogP contribution in [0.4, 0.5) is 10.5 Å². The first kappa shape index (κ1) is 22.5. The predicted molar refractivity (Wildman–Crippen MR) is 112 cm³/mol. The number of anilines is 1. The first-order valence-corrected chi connectivity index (χ1v) is 9.53. The molecule has 0 aromatic carbocycles. The molecular weight excluding hydrogens is 380 g/mol. The Morgan fingerprint density at radius 1 is 1.29 bits per heavy atom. The lowest BCUT2D eigenvalue weighted by atomic mass is 9.77. The molecule has 1 fully saturated rings. The number of halogens is 1. The molecule has 1 aromatic heterocycles. The van der Waals surface area contributed by atoms with Crippen LogP contribution < -0.4 is 11.1 Å². The zero-order chi connectivity index (χ0) is 21.3. The van der Waals surface area contributed by atoms with Crippen LogP contribution in [0, 0.1) is 0 Å². The minimum absolute atomic E-state index is 0.138. The van der Waals surface area contributed by atoms with Crippen molar-refractivity contribution >= 4 is 36.6 Å². The van der Waals surface area contributed by atoms with Crippen molar-refractivity contribution in [3.63, 3.8) is 0 Å². The monoisotopic (exact) mass is 409 g/mol. The average molecular weight is 410 g/mol. The maximum absolute atomic E-state index is 12.1. The van der Waals surface area contributed by atoms with Crippen molar-refractivity contribution in [3.05, 3.63) is 28.5 Å². The molecule has 2 heterocycles. The summed E-state index contributed by atoms with van der Waals surface area (Å²) in [7, 11) is -0.680. The fourth-order valence-electron chi connectivity index (χ4n) is 2.44. The number of rotatable bonds is 4. The Labute approximate surface area is 172 Å². The van der Waals surface area contributed by atoms with E-state index in [1.165, 1.54) is 0 Å². The van der Waals surface area contributed by atoms with Crippen LogP contribution in [0.25, 0.3) is 6.08 Å². The molecule has 28 heavy (non-hydrogen) atoms. The van der Waals surface area contributed by atoms with Crippen molar-refractivity contribution in [2.24, 2.45) is 0 Å². The molecule has 1 aromatic rings. The van der Waals surface area contributed by atoms with Crippen LogP contribution in [-0.4, -0.2) is 41.5 Å². The summed E-state index contributed by atoms with van der Waals surface area (Å²) in [5, 5.41) is 3.05. The minimum Gasteiger partial charge on any atom is -0.444 e. The van der Waals surface area contributed by atoms with Crippen LogP contribution in [0.1, 0.15) is 54.2 Å². The van der Waals surface area contributed by atoms with Gasteiger partial charge in [-0.05, 0) is 72.1 Å². The summed E-state index contributed by atoms with van der Waals surface area (Å²) in [4.78, 5) is 16.4. The third-order valence-electron chi connectivity index (χ3n) is 4.64. The van der Waals surface area contributed by atoms with Crippen LogP contribution in [-0.2, 0) is 14.0 Å². The van der Waals surface area contributed by atoms with Crippen LogP contribution in [0.5, 0.6) is 0 Å². The normalized spacial score (nSPS) is 18.9. The minimum atomic E-state index is -0.680. The van der Waals surface area contributed by atoms with Gasteiger partial charge >= 0.3 is 13.2 Å². The van der Waals surface area contributed by atoms with E-state index in [0.717, 1.165) is 0 Å². The number of nitrogens with two attached hydrogens (primary N) is 1. The molecule has 0 radical (unpaired) electrons. The number of nitrogen functional groups attached to an aromatic ring is 1. The highest BCUT2D eigenvalue weighted by atomic mass is 35.5. The van der Waals surface area contributed by atoms with E-state index in [4.69, 9.17) is 31.4 Å². The maximum Gasteiger partial charge on any atom is 0.492 e. The molecule has 3 N–H and O–H groups in total. The lowest BCUT2D eigenvalue weighted by Gasteiger charge is -2.32. The van der Waals surface area contributed by atoms with Gasteiger partial charge in [-0.2, -0.15) is 0 Å². The lowest BCUT2D eigenvalue weighted by Crippen LogP contribution is -2.41. The van der Waals surface area contributed by atoms with E-state index in [1.807, 2.05) is 27.7 Å². The van der Waals surface area contributed by atoms with Crippen molar-refractivity contribution in [1.82, 2.24) is 10.3 Å². The predicted octanol–water partition coefficient (Wildman–Crippen LogP) is 3.86. The SMILES string of the molecule is CC(C)(C)OC(=O)NCC(=Cc1nc(Cl)ccc1N)B1OC(C)(C)C(C)(C)O1. The van der Waals surface area contributed by atoms with Gasteiger partial charge in [0.05, 0.1) is 22.6 Å². The van der Waals surface area contributed by atoms with Crippen molar-refractivity contribution in [1.29, 1.82) is 0 Å². The van der Waals surface area contributed by atoms with E-state index in [-0.39, 0.29) is 6.54 Å². The fraction of sp³-hybridized carbons (Fsp3) is 0.579. The maximum atomic E-state index is 12.1. The van der Waals surface area contributed by atoms with E-state index in [1.54, 1.807) is 39.0 Å². The zero-order valence-electron chi connectivity index (χ0n) is 17.6. The average Bonchev–Trinajstić information content (AvgIpc) is 2.73. The summed E-state index contributed by atoms with van der Waals surface area (Å²) in [6.45, 7) is 13.4. The Balaban J connectivity index is 2.30. The molecule has 0 unspecified atom stereocenters. The van der Waals surface area contributed by atoms with E-state index in [9.17, 15) is 4.79 Å². The number of alkyl carbamates (subject to hydrolysis) is 1. The smallest absolute Gasteiger partial charge is 0.444 e. The molecule has 1 aliphatic heterocycles. The Morgan fingerprint density at radius 3 is 2.39 bits per heavy atom. The summed E-state index contributed by atoms with van der Waals surface area (Å²) in [6, 6.07) is 3.28. The number of carbonyl (C=O) groups excluding carboxylic acids is 1. The number of carbonyl (C=O) groups is 1. The van der Waals surface area contributed by atoms with Gasteiger partial charge in [0.15, 0.2) is 0 Å². The third-order valence-corrected chi connectivity index (χ3v) is 4.85. The summed E-state index contributed by atoms with van der Waals surface area (Å²) in [6.07, 6.45) is 1.18. The van der Waals surface area contributed by atoms with Crippen molar-refractivity contribution in [3.8, 4) is 0 Å². The second kappa shape index (κ2) is 7.93. The first-order valence-electron chi connectivity index (χ1n) is 9.15. The number of nitrogens with zero attached hydrogens (tertiary/aromatic N) is 1. The van der Waals surface area contributed by atoms with Gasteiger partial charge in [-0.25, -0.2) is 9.78 Å². The molecule has 0 bridgehead atoms. The number of pyridine rings is 1. The molecule has 2 rings (SSSR count). The molecule has 1 aliphatic rings. The standard InChI is InChI=1S/C19H29BClN3O4/c1-17(2,3)26-16(25)23-11-12(10-14-13(22)8-9-15(21)24-14)20-27-18(4,5)19(6,7)28-20/h8-10H,11,22H2,1-7H3,(H,23,25). The molecule has 0 saturated carbocycles. The van der Waals surface area contributed by atoms with Gasteiger partial charge < -0.3 is 25.1 Å². The quantitative estimate of drug-likeness (QED) is 0.579. The van der Waals surface area contributed by atoms with Crippen LogP contribution >= 0.6 is 11.6 Å². The van der Waals surface area contributed by atoms with Crippen LogP contribution in [0.15, 0.2) is 17.6 Å². The Hall–Kier alpha value is -1.77. The zero-order valence-corrected chi connectivity index (χ0v) is 18.3. The number of nitrogens with one attached hydrogen (secondary N) is 1. The molecule has 7 nitrogen and oxygen atoms in total. The van der Waals surface area contributed by atoms with Gasteiger partial charge in [0.2, 0.25) is 0 Å². The molecule has 154 valence electrons. The van der Waals surface area contributed by atoms with E-state index < -0.39 is 30.0 Å². The topological polar surface area (TPSA) is 95.7 Å². The number of hydrogen-bond acceptors (Lipinski definition) is 6. The molecule has 0 aliphatic carbocycles. The van der Waals surface area contributed by atoms with Gasteiger partial charge in [-0.3, -0.25) is 0 Å². The van der Waals surface area contributed by atoms with Crippen molar-refractivity contribution in [2.45, 2.75) is 65.3 Å². The third kappa shape index (κ3) is 5.62. The van der Waals surface area contributed by atoms with Crippen LogP contribution in [0.3, 0.4) is 0 Å². The van der Waals surface area contributed by atoms with E-state index in [0.29, 0.717) is 22.0 Å². The van der Waals surface area contributed by atoms with Gasteiger partial charge in [0.25, 0.3) is 0 Å². The van der Waals surface area contributed by atoms with E-state index >= 15 is 0 Å². The molecule has 1 amide bonds. The van der Waals surface area contributed by atoms with Gasteiger partial charge in [0, 0.05) is 6.54 Å². The van der Waals surface area contributed by atoms with Gasteiger partial charge in [-0.1, -0.05) is 11.6 Å². The van der Waals surface area contributed by atoms with Crippen LogP contribution in [0.2, 0.25) is 5.15 Å². The van der Waals surface area contributed by atoms with Gasteiger partial charge in [0.1, 0.15) is 10.8 Å². The largest absolute Gasteiger partial charge is 0.492 e. The Morgan fingerprint density at radius 2 is 1.86 bits per heavy atom. The highest BCUT2D eigenvalue weighted by Gasteiger charge is 2.52. The second-order valence-corrected chi connectivity index (χ2v) is 9.16. The fourth-order valence-corrected chi connectivity index (χ4v) is 2.59. The molecule has 9 heteroatoms. The summed E-state index contributed by atoms with van der Waals surface area (Å²) >= 11 is 6.00. The number of hydrogen-bond donors (Lipinski definition) is 2. The molecular formula is C19H29BClN3O4. The Kier molecular flexibility index (Phi) is 6.38.